The molecule has 20 heavy (non-hydrogen) atoms. The normalized spacial score (nSPS) is 10.9. The van der Waals surface area contributed by atoms with Crippen LogP contribution in [0.3, 0.4) is 0 Å². The van der Waals surface area contributed by atoms with Crippen molar-refractivity contribution in [2.45, 2.75) is 13.0 Å². The zero-order chi connectivity index (χ0) is 13.1. The van der Waals surface area contributed by atoms with E-state index in [1.165, 1.54) is 18.4 Å². The fourth-order valence-corrected chi connectivity index (χ4v) is 2.41. The average molecular weight is 335 g/mol. The van der Waals surface area contributed by atoms with E-state index in [4.69, 9.17) is 10.5 Å². The minimum absolute atomic E-state index is 0. The summed E-state index contributed by atoms with van der Waals surface area (Å²) in [5, 5.41) is 0. The molecule has 1 aromatic carbocycles. The van der Waals surface area contributed by atoms with Gasteiger partial charge in [0.15, 0.2) is 5.69 Å². The summed E-state index contributed by atoms with van der Waals surface area (Å²) in [5.41, 5.74) is 9.80. The van der Waals surface area contributed by atoms with Crippen molar-refractivity contribution in [1.29, 1.82) is 0 Å². The molecule has 0 fully saturated rings. The Bertz CT molecular complexity index is 556. The van der Waals surface area contributed by atoms with E-state index < -0.39 is 5.97 Å². The number of nitrogens with two attached hydrogens (primary N) is 1. The highest BCUT2D eigenvalue weighted by molar-refractivity contribution is 7.13. The molecule has 0 amide bonds. The molecule has 1 aromatic heterocycles. The highest BCUT2D eigenvalue weighted by atomic mass is 35.5. The van der Waals surface area contributed by atoms with Gasteiger partial charge in [-0.2, -0.15) is 0 Å². The van der Waals surface area contributed by atoms with Crippen LogP contribution in [0.25, 0.3) is 10.4 Å². The van der Waals surface area contributed by atoms with E-state index >= 15 is 0 Å². The molecule has 2 rings (SSSR count). The second-order valence-electron chi connectivity index (χ2n) is 3.93. The molecule has 1 heterocycles. The number of halogens is 2. The number of carbonyl (C=O) groups excluding carboxylic acids is 1. The van der Waals surface area contributed by atoms with Crippen molar-refractivity contribution in [3.63, 3.8) is 0 Å². The van der Waals surface area contributed by atoms with E-state index in [2.05, 4.69) is 4.98 Å². The summed E-state index contributed by atoms with van der Waals surface area (Å²) < 4.78 is 4.70. The van der Waals surface area contributed by atoms with Crippen molar-refractivity contribution >= 4 is 42.1 Å². The lowest BCUT2D eigenvalue weighted by molar-refractivity contribution is 0.0596. The zero-order valence-corrected chi connectivity index (χ0v) is 13.5. The molecule has 0 aliphatic heterocycles. The van der Waals surface area contributed by atoms with Crippen molar-refractivity contribution in [3.05, 3.63) is 41.0 Å². The predicted octanol–water partition coefficient (Wildman–Crippen LogP) is 3.46. The largest absolute Gasteiger partial charge is 0.464 e. The summed E-state index contributed by atoms with van der Waals surface area (Å²) in [6, 6.07) is 7.80. The smallest absolute Gasteiger partial charge is 0.358 e. The van der Waals surface area contributed by atoms with E-state index in [-0.39, 0.29) is 30.9 Å². The molecule has 2 N–H and O–H groups in total. The SMILES string of the molecule is COC(=O)c1ncsc1-c1ccc([C@@H](C)N)cc1.Cl.Cl. The second-order valence-corrected chi connectivity index (χ2v) is 4.79. The van der Waals surface area contributed by atoms with Gasteiger partial charge in [-0.05, 0) is 18.1 Å². The summed E-state index contributed by atoms with van der Waals surface area (Å²) >= 11 is 1.42. The van der Waals surface area contributed by atoms with Gasteiger partial charge < -0.3 is 10.5 Å². The maximum atomic E-state index is 11.5. The van der Waals surface area contributed by atoms with Gasteiger partial charge in [0.1, 0.15) is 0 Å². The third-order valence-corrected chi connectivity index (χ3v) is 3.52. The van der Waals surface area contributed by atoms with Crippen LogP contribution >= 0.6 is 36.2 Å². The van der Waals surface area contributed by atoms with E-state index in [9.17, 15) is 4.79 Å². The van der Waals surface area contributed by atoms with Crippen molar-refractivity contribution < 1.29 is 9.53 Å². The number of rotatable bonds is 3. The first-order valence-electron chi connectivity index (χ1n) is 5.51. The molecule has 0 aliphatic carbocycles. The van der Waals surface area contributed by atoms with E-state index in [1.54, 1.807) is 5.51 Å². The van der Waals surface area contributed by atoms with Gasteiger partial charge in [-0.15, -0.1) is 36.2 Å². The highest BCUT2D eigenvalue weighted by Crippen LogP contribution is 2.28. The van der Waals surface area contributed by atoms with Crippen LogP contribution in [0, 0.1) is 0 Å². The molecule has 0 saturated heterocycles. The molecule has 0 saturated carbocycles. The summed E-state index contributed by atoms with van der Waals surface area (Å²) in [4.78, 5) is 16.4. The third kappa shape index (κ3) is 3.93. The lowest BCUT2D eigenvalue weighted by atomic mass is 10.1. The summed E-state index contributed by atoms with van der Waals surface area (Å²) in [6.07, 6.45) is 0. The van der Waals surface area contributed by atoms with E-state index in [0.29, 0.717) is 5.69 Å². The molecule has 7 heteroatoms. The molecule has 2 aromatic rings. The van der Waals surface area contributed by atoms with Gasteiger partial charge in [0, 0.05) is 6.04 Å². The molecule has 0 bridgehead atoms. The third-order valence-electron chi connectivity index (χ3n) is 2.64. The number of esters is 1. The first kappa shape index (κ1) is 18.9. The van der Waals surface area contributed by atoms with Crippen LogP contribution in [-0.4, -0.2) is 18.1 Å². The predicted molar refractivity (Wildman–Crippen MR) is 86.0 cm³/mol. The van der Waals surface area contributed by atoms with Gasteiger partial charge >= 0.3 is 5.97 Å². The fraction of sp³-hybridized carbons (Fsp3) is 0.231. The maximum Gasteiger partial charge on any atom is 0.358 e. The summed E-state index contributed by atoms with van der Waals surface area (Å²) in [5.74, 6) is -0.414. The minimum atomic E-state index is -0.414. The van der Waals surface area contributed by atoms with Crippen LogP contribution in [-0.2, 0) is 4.74 Å². The molecule has 0 unspecified atom stereocenters. The summed E-state index contributed by atoms with van der Waals surface area (Å²) in [6.45, 7) is 1.93. The molecule has 1 atom stereocenters. The lowest BCUT2D eigenvalue weighted by Crippen LogP contribution is -2.05. The Hall–Kier alpha value is -1.14. The monoisotopic (exact) mass is 334 g/mol. The van der Waals surface area contributed by atoms with Gasteiger partial charge in [-0.3, -0.25) is 0 Å². The van der Waals surface area contributed by atoms with E-state index in [1.807, 2.05) is 31.2 Å². The van der Waals surface area contributed by atoms with Crippen molar-refractivity contribution in [1.82, 2.24) is 4.98 Å². The van der Waals surface area contributed by atoms with Gasteiger partial charge in [0.2, 0.25) is 0 Å². The van der Waals surface area contributed by atoms with Crippen LogP contribution < -0.4 is 5.73 Å². The van der Waals surface area contributed by atoms with Crippen LogP contribution in [0.1, 0.15) is 29.0 Å². The average Bonchev–Trinajstić information content (AvgIpc) is 2.87. The molecule has 0 radical (unpaired) electrons. The van der Waals surface area contributed by atoms with Crippen LogP contribution in [0.5, 0.6) is 0 Å². The van der Waals surface area contributed by atoms with Crippen LogP contribution in [0.4, 0.5) is 0 Å². The van der Waals surface area contributed by atoms with Crippen LogP contribution in [0.15, 0.2) is 29.8 Å². The van der Waals surface area contributed by atoms with Crippen LogP contribution in [0.2, 0.25) is 0 Å². The number of thiazole rings is 1. The Balaban J connectivity index is 0.00000180. The van der Waals surface area contributed by atoms with Gasteiger partial charge in [-0.1, -0.05) is 24.3 Å². The van der Waals surface area contributed by atoms with Crippen molar-refractivity contribution in [2.75, 3.05) is 7.11 Å². The minimum Gasteiger partial charge on any atom is -0.464 e. The number of benzene rings is 1. The topological polar surface area (TPSA) is 65.2 Å². The molecule has 0 aliphatic rings. The van der Waals surface area contributed by atoms with Crippen molar-refractivity contribution in [2.24, 2.45) is 5.73 Å². The number of methoxy groups -OCH3 is 1. The first-order valence-corrected chi connectivity index (χ1v) is 6.39. The standard InChI is InChI=1S/C13H14N2O2S.2ClH/c1-8(14)9-3-5-10(6-4-9)12-11(13(16)17-2)15-7-18-12;;/h3-8H,14H2,1-2H3;2*1H/t8-;;/m1../s1. The number of hydrogen-bond donors (Lipinski definition) is 1. The van der Waals surface area contributed by atoms with E-state index in [0.717, 1.165) is 16.0 Å². The highest BCUT2D eigenvalue weighted by Gasteiger charge is 2.16. The second kappa shape index (κ2) is 8.21. The Morgan fingerprint density at radius 1 is 1.30 bits per heavy atom. The van der Waals surface area contributed by atoms with Gasteiger partial charge in [0.05, 0.1) is 17.5 Å². The molecular weight excluding hydrogens is 319 g/mol. The molecule has 110 valence electrons. The summed E-state index contributed by atoms with van der Waals surface area (Å²) in [7, 11) is 1.35. The quantitative estimate of drug-likeness (QED) is 0.873. The molecular formula is C13H16Cl2N2O2S. The van der Waals surface area contributed by atoms with Gasteiger partial charge in [-0.25, -0.2) is 9.78 Å². The fourth-order valence-electron chi connectivity index (χ4n) is 1.63. The number of aromatic nitrogens is 1. The molecule has 0 spiro atoms. The Morgan fingerprint density at radius 2 is 1.90 bits per heavy atom. The first-order chi connectivity index (χ1) is 8.63. The number of nitrogens with zero attached hydrogens (tertiary/aromatic N) is 1. The molecule has 4 nitrogen and oxygen atoms in total. The Morgan fingerprint density at radius 3 is 2.40 bits per heavy atom. The lowest BCUT2D eigenvalue weighted by Gasteiger charge is -2.06. The number of carbonyl (C=O) groups is 1. The number of hydrogen-bond acceptors (Lipinski definition) is 5. The zero-order valence-electron chi connectivity index (χ0n) is 11.0. The maximum absolute atomic E-state index is 11.5. The Labute approximate surface area is 134 Å². The Kier molecular flexibility index (Phi) is 7.75. The van der Waals surface area contributed by atoms with Gasteiger partial charge in [0.25, 0.3) is 0 Å². The number of ether oxygens (including phenoxy) is 1. The van der Waals surface area contributed by atoms with Crippen molar-refractivity contribution in [3.8, 4) is 10.4 Å².